The maximum Gasteiger partial charge on any atom is 0.130 e. The van der Waals surface area contributed by atoms with E-state index in [2.05, 4.69) is 10.3 Å². The van der Waals surface area contributed by atoms with Crippen molar-refractivity contribution in [1.82, 2.24) is 10.3 Å². The van der Waals surface area contributed by atoms with Crippen LogP contribution >= 0.6 is 0 Å². The molecule has 0 bridgehead atoms. The molecule has 0 fully saturated rings. The third-order valence-electron chi connectivity index (χ3n) is 2.45. The van der Waals surface area contributed by atoms with Gasteiger partial charge in [0.25, 0.3) is 0 Å². The van der Waals surface area contributed by atoms with Crippen molar-refractivity contribution in [2.24, 2.45) is 0 Å². The van der Waals surface area contributed by atoms with Gasteiger partial charge in [-0.2, -0.15) is 0 Å². The molecule has 17 heavy (non-hydrogen) atoms. The molecule has 3 nitrogen and oxygen atoms in total. The van der Waals surface area contributed by atoms with E-state index in [9.17, 15) is 0 Å². The Balaban J connectivity index is 2.52. The van der Waals surface area contributed by atoms with Crippen molar-refractivity contribution in [3.8, 4) is 5.75 Å². The van der Waals surface area contributed by atoms with Crippen LogP contribution < -0.4 is 10.1 Å². The predicted octanol–water partition coefficient (Wildman–Crippen LogP) is 2.74. The molecule has 2 aromatic rings. The Morgan fingerprint density at radius 2 is 2.06 bits per heavy atom. The lowest BCUT2D eigenvalue weighted by Gasteiger charge is -2.13. The van der Waals surface area contributed by atoms with Gasteiger partial charge in [-0.05, 0) is 33.0 Å². The van der Waals surface area contributed by atoms with Gasteiger partial charge in [-0.15, -0.1) is 0 Å². The molecule has 0 aliphatic carbocycles. The van der Waals surface area contributed by atoms with Gasteiger partial charge in [0.1, 0.15) is 5.75 Å². The summed E-state index contributed by atoms with van der Waals surface area (Å²) in [5, 5.41) is 4.18. The molecular formula is C14H18N2O. The molecule has 0 aliphatic rings. The van der Waals surface area contributed by atoms with Gasteiger partial charge in [-0.1, -0.05) is 12.1 Å². The second-order valence-electron chi connectivity index (χ2n) is 4.33. The van der Waals surface area contributed by atoms with E-state index >= 15 is 0 Å². The van der Waals surface area contributed by atoms with Crippen molar-refractivity contribution in [2.75, 3.05) is 7.05 Å². The molecule has 0 aliphatic heterocycles. The lowest BCUT2D eigenvalue weighted by molar-refractivity contribution is 0.245. The Bertz CT molecular complexity index is 509. The Kier molecular flexibility index (Phi) is 3.59. The molecule has 0 spiro atoms. The number of fused-ring (bicyclic) bond motifs is 1. The van der Waals surface area contributed by atoms with Crippen LogP contribution in [0.3, 0.4) is 0 Å². The van der Waals surface area contributed by atoms with Gasteiger partial charge in [-0.25, -0.2) is 0 Å². The predicted molar refractivity (Wildman–Crippen MR) is 70.3 cm³/mol. The molecule has 90 valence electrons. The average molecular weight is 230 g/mol. The highest BCUT2D eigenvalue weighted by atomic mass is 16.5. The molecule has 0 saturated carbocycles. The fourth-order valence-electron chi connectivity index (χ4n) is 1.82. The van der Waals surface area contributed by atoms with Crippen LogP contribution in [0.15, 0.2) is 30.3 Å². The van der Waals surface area contributed by atoms with Crippen molar-refractivity contribution in [3.63, 3.8) is 0 Å². The van der Waals surface area contributed by atoms with E-state index in [1.165, 1.54) is 0 Å². The number of aromatic nitrogens is 1. The summed E-state index contributed by atoms with van der Waals surface area (Å²) in [4.78, 5) is 4.59. The van der Waals surface area contributed by atoms with E-state index in [0.717, 1.165) is 28.9 Å². The summed E-state index contributed by atoms with van der Waals surface area (Å²) < 4.78 is 5.85. The molecular weight excluding hydrogens is 212 g/mol. The number of hydrogen-bond donors (Lipinski definition) is 1. The molecule has 0 saturated heterocycles. The summed E-state index contributed by atoms with van der Waals surface area (Å²) in [6, 6.07) is 10.1. The molecule has 1 N–H and O–H groups in total. The van der Waals surface area contributed by atoms with E-state index in [0.29, 0.717) is 0 Å². The number of rotatable bonds is 4. The summed E-state index contributed by atoms with van der Waals surface area (Å²) in [6.07, 6.45) is 0.170. The van der Waals surface area contributed by atoms with Crippen molar-refractivity contribution in [1.29, 1.82) is 0 Å². The Hall–Kier alpha value is -1.61. The van der Waals surface area contributed by atoms with Crippen molar-refractivity contribution < 1.29 is 4.74 Å². The first-order valence-corrected chi connectivity index (χ1v) is 5.90. The fourth-order valence-corrected chi connectivity index (χ4v) is 1.82. The van der Waals surface area contributed by atoms with Crippen LogP contribution in [-0.2, 0) is 6.54 Å². The van der Waals surface area contributed by atoms with Crippen LogP contribution in [0.4, 0.5) is 0 Å². The molecule has 2 rings (SSSR count). The number of benzene rings is 1. The first-order chi connectivity index (χ1) is 8.20. The van der Waals surface area contributed by atoms with E-state index in [1.807, 2.05) is 51.2 Å². The third-order valence-corrected chi connectivity index (χ3v) is 2.45. The molecule has 0 atom stereocenters. The Morgan fingerprint density at radius 3 is 2.76 bits per heavy atom. The highest BCUT2D eigenvalue weighted by Gasteiger charge is 2.07. The minimum atomic E-state index is 0.170. The number of para-hydroxylation sites is 1. The lowest BCUT2D eigenvalue weighted by atomic mass is 10.2. The molecule has 1 aromatic heterocycles. The molecule has 0 radical (unpaired) electrons. The third kappa shape index (κ3) is 2.74. The smallest absolute Gasteiger partial charge is 0.130 e. The van der Waals surface area contributed by atoms with Crippen LogP contribution in [0.25, 0.3) is 10.9 Å². The number of nitrogens with one attached hydrogen (secondary N) is 1. The van der Waals surface area contributed by atoms with Crippen LogP contribution in [-0.4, -0.2) is 18.1 Å². The van der Waals surface area contributed by atoms with E-state index < -0.39 is 0 Å². The monoisotopic (exact) mass is 230 g/mol. The van der Waals surface area contributed by atoms with E-state index in [-0.39, 0.29) is 6.10 Å². The second kappa shape index (κ2) is 5.15. The highest BCUT2D eigenvalue weighted by Crippen LogP contribution is 2.26. The summed E-state index contributed by atoms with van der Waals surface area (Å²) in [7, 11) is 1.92. The second-order valence-corrected chi connectivity index (χ2v) is 4.33. The highest BCUT2D eigenvalue weighted by molar-refractivity contribution is 5.85. The van der Waals surface area contributed by atoms with Gasteiger partial charge in [0, 0.05) is 18.0 Å². The SMILES string of the molecule is CNCc1cc(OC(C)C)c2ccccc2n1. The van der Waals surface area contributed by atoms with Crippen LogP contribution in [0.1, 0.15) is 19.5 Å². The summed E-state index contributed by atoms with van der Waals surface area (Å²) in [6.45, 7) is 4.82. The van der Waals surface area contributed by atoms with Crippen LogP contribution in [0.2, 0.25) is 0 Å². The lowest BCUT2D eigenvalue weighted by Crippen LogP contribution is -2.10. The average Bonchev–Trinajstić information content (AvgIpc) is 2.29. The summed E-state index contributed by atoms with van der Waals surface area (Å²) >= 11 is 0. The van der Waals surface area contributed by atoms with Gasteiger partial charge in [0.05, 0.1) is 17.3 Å². The Labute approximate surface area is 102 Å². The zero-order valence-corrected chi connectivity index (χ0v) is 10.5. The number of hydrogen-bond acceptors (Lipinski definition) is 3. The standard InChI is InChI=1S/C14H18N2O/c1-10(2)17-14-8-11(9-15-3)16-13-7-5-4-6-12(13)14/h4-8,10,15H,9H2,1-3H3. The zero-order valence-electron chi connectivity index (χ0n) is 10.5. The minimum absolute atomic E-state index is 0.170. The summed E-state index contributed by atoms with van der Waals surface area (Å²) in [5.74, 6) is 0.913. The molecule has 3 heteroatoms. The van der Waals surface area contributed by atoms with Gasteiger partial charge in [-0.3, -0.25) is 4.98 Å². The van der Waals surface area contributed by atoms with Crippen LogP contribution in [0, 0.1) is 0 Å². The van der Waals surface area contributed by atoms with Gasteiger partial charge in [0.15, 0.2) is 0 Å². The molecule has 0 unspecified atom stereocenters. The molecule has 1 aromatic carbocycles. The van der Waals surface area contributed by atoms with Crippen molar-refractivity contribution >= 4 is 10.9 Å². The van der Waals surface area contributed by atoms with Crippen LogP contribution in [0.5, 0.6) is 5.75 Å². The maximum absolute atomic E-state index is 5.85. The number of nitrogens with zero attached hydrogens (tertiary/aromatic N) is 1. The maximum atomic E-state index is 5.85. The summed E-state index contributed by atoms with van der Waals surface area (Å²) in [5.41, 5.74) is 1.98. The molecule has 0 amide bonds. The van der Waals surface area contributed by atoms with E-state index in [1.54, 1.807) is 0 Å². The zero-order chi connectivity index (χ0) is 12.3. The van der Waals surface area contributed by atoms with Gasteiger partial charge >= 0.3 is 0 Å². The topological polar surface area (TPSA) is 34.1 Å². The van der Waals surface area contributed by atoms with Gasteiger partial charge in [0.2, 0.25) is 0 Å². The number of pyridine rings is 1. The normalized spacial score (nSPS) is 11.1. The first kappa shape index (κ1) is 11.9. The minimum Gasteiger partial charge on any atom is -0.490 e. The Morgan fingerprint density at radius 1 is 1.29 bits per heavy atom. The van der Waals surface area contributed by atoms with Gasteiger partial charge < -0.3 is 10.1 Å². The number of ether oxygens (including phenoxy) is 1. The fraction of sp³-hybridized carbons (Fsp3) is 0.357. The van der Waals surface area contributed by atoms with Crippen molar-refractivity contribution in [3.05, 3.63) is 36.0 Å². The molecule has 1 heterocycles. The first-order valence-electron chi connectivity index (χ1n) is 5.90. The quantitative estimate of drug-likeness (QED) is 0.877. The van der Waals surface area contributed by atoms with E-state index in [4.69, 9.17) is 4.74 Å². The van der Waals surface area contributed by atoms with Crippen molar-refractivity contribution in [2.45, 2.75) is 26.5 Å². The largest absolute Gasteiger partial charge is 0.490 e.